The first kappa shape index (κ1) is 12.9. The molecule has 0 aliphatic heterocycles. The second kappa shape index (κ2) is 5.11. The molecule has 3 aromatic rings. The van der Waals surface area contributed by atoms with Gasteiger partial charge in [-0.25, -0.2) is 4.98 Å². The highest BCUT2D eigenvalue weighted by Gasteiger charge is 2.16. The van der Waals surface area contributed by atoms with Crippen molar-refractivity contribution in [2.75, 3.05) is 6.26 Å². The molecule has 19 heavy (non-hydrogen) atoms. The first-order valence-corrected chi connectivity index (χ1v) is 8.84. The molecule has 0 bridgehead atoms. The van der Waals surface area contributed by atoms with Crippen molar-refractivity contribution >= 4 is 44.7 Å². The fourth-order valence-corrected chi connectivity index (χ4v) is 4.48. The van der Waals surface area contributed by atoms with Crippen molar-refractivity contribution < 1.29 is 0 Å². The van der Waals surface area contributed by atoms with E-state index in [-0.39, 0.29) is 5.56 Å². The molecule has 0 aromatic carbocycles. The topological polar surface area (TPSA) is 34.9 Å². The van der Waals surface area contributed by atoms with E-state index in [0.29, 0.717) is 6.54 Å². The maximum atomic E-state index is 12.6. The van der Waals surface area contributed by atoms with E-state index in [1.807, 2.05) is 36.1 Å². The Morgan fingerprint density at radius 2 is 2.26 bits per heavy atom. The number of aromatic nitrogens is 2. The van der Waals surface area contributed by atoms with Gasteiger partial charge >= 0.3 is 0 Å². The van der Waals surface area contributed by atoms with Crippen LogP contribution in [0, 0.1) is 0 Å². The maximum Gasteiger partial charge on any atom is 0.263 e. The summed E-state index contributed by atoms with van der Waals surface area (Å²) in [7, 11) is 0. The number of rotatable bonds is 3. The summed E-state index contributed by atoms with van der Waals surface area (Å²) in [6.45, 7) is 2.63. The van der Waals surface area contributed by atoms with Crippen LogP contribution >= 0.6 is 34.4 Å². The highest BCUT2D eigenvalue weighted by atomic mass is 32.2. The van der Waals surface area contributed by atoms with Crippen LogP contribution in [0.15, 0.2) is 32.8 Å². The molecule has 0 amide bonds. The van der Waals surface area contributed by atoms with Crippen LogP contribution in [0.25, 0.3) is 20.7 Å². The monoisotopic (exact) mass is 308 g/mol. The van der Waals surface area contributed by atoms with Gasteiger partial charge in [0, 0.05) is 22.4 Å². The van der Waals surface area contributed by atoms with Gasteiger partial charge in [0.05, 0.1) is 5.39 Å². The lowest BCUT2D eigenvalue weighted by Crippen LogP contribution is -2.21. The fourth-order valence-electron chi connectivity index (χ4n) is 2.05. The van der Waals surface area contributed by atoms with E-state index in [1.54, 1.807) is 27.2 Å². The van der Waals surface area contributed by atoms with Crippen LogP contribution in [0.4, 0.5) is 0 Å². The molecule has 0 N–H and O–H groups in total. The van der Waals surface area contributed by atoms with Gasteiger partial charge in [0.25, 0.3) is 5.56 Å². The summed E-state index contributed by atoms with van der Waals surface area (Å²) in [5.41, 5.74) is 1.09. The number of hydrogen-bond acceptors (Lipinski definition) is 5. The molecule has 0 saturated heterocycles. The third-order valence-electron chi connectivity index (χ3n) is 2.94. The van der Waals surface area contributed by atoms with E-state index in [0.717, 1.165) is 25.8 Å². The van der Waals surface area contributed by atoms with Crippen molar-refractivity contribution in [3.8, 4) is 10.4 Å². The van der Waals surface area contributed by atoms with E-state index in [9.17, 15) is 4.79 Å². The Kier molecular flexibility index (Phi) is 3.47. The van der Waals surface area contributed by atoms with Gasteiger partial charge in [0.2, 0.25) is 0 Å². The molecule has 3 nitrogen and oxygen atoms in total. The second-order valence-electron chi connectivity index (χ2n) is 3.95. The molecule has 3 heterocycles. The van der Waals surface area contributed by atoms with Gasteiger partial charge in [-0.2, -0.15) is 0 Å². The molecule has 3 aromatic heterocycles. The lowest BCUT2D eigenvalue weighted by atomic mass is 10.2. The van der Waals surface area contributed by atoms with Gasteiger partial charge < -0.3 is 0 Å². The zero-order valence-electron chi connectivity index (χ0n) is 10.5. The van der Waals surface area contributed by atoms with Crippen LogP contribution in [-0.4, -0.2) is 15.8 Å². The SMILES string of the molecule is CCn1c(SC)nc2scc(-c3cccs3)c2c1=O. The summed E-state index contributed by atoms with van der Waals surface area (Å²) in [6.07, 6.45) is 1.95. The lowest BCUT2D eigenvalue weighted by molar-refractivity contribution is 0.636. The van der Waals surface area contributed by atoms with Crippen LogP contribution in [0.1, 0.15) is 6.92 Å². The van der Waals surface area contributed by atoms with Crippen LogP contribution in [0.3, 0.4) is 0 Å². The highest BCUT2D eigenvalue weighted by molar-refractivity contribution is 7.98. The third kappa shape index (κ3) is 2.04. The Bertz CT molecular complexity index is 771. The zero-order valence-corrected chi connectivity index (χ0v) is 13.0. The summed E-state index contributed by atoms with van der Waals surface area (Å²) in [5.74, 6) is 0. The van der Waals surface area contributed by atoms with E-state index >= 15 is 0 Å². The van der Waals surface area contributed by atoms with Crippen molar-refractivity contribution in [3.63, 3.8) is 0 Å². The van der Waals surface area contributed by atoms with Crippen LogP contribution < -0.4 is 5.56 Å². The number of fused-ring (bicyclic) bond motifs is 1. The summed E-state index contributed by atoms with van der Waals surface area (Å²) in [6, 6.07) is 4.05. The molecule has 6 heteroatoms. The minimum atomic E-state index is 0.0708. The van der Waals surface area contributed by atoms with Crippen molar-refractivity contribution in [2.24, 2.45) is 0 Å². The van der Waals surface area contributed by atoms with Gasteiger partial charge in [-0.15, -0.1) is 22.7 Å². The summed E-state index contributed by atoms with van der Waals surface area (Å²) >= 11 is 4.71. The fraction of sp³-hybridized carbons (Fsp3) is 0.231. The minimum Gasteiger partial charge on any atom is -0.287 e. The van der Waals surface area contributed by atoms with Gasteiger partial charge in [0.15, 0.2) is 5.16 Å². The Labute approximate surface area is 122 Å². The molecule has 0 radical (unpaired) electrons. The quantitative estimate of drug-likeness (QED) is 0.543. The van der Waals surface area contributed by atoms with Crippen molar-refractivity contribution in [2.45, 2.75) is 18.6 Å². The maximum absolute atomic E-state index is 12.6. The average Bonchev–Trinajstić information content (AvgIpc) is 3.06. The molecule has 0 atom stereocenters. The Morgan fingerprint density at radius 1 is 1.42 bits per heavy atom. The smallest absolute Gasteiger partial charge is 0.263 e. The molecule has 3 rings (SSSR count). The predicted molar refractivity (Wildman–Crippen MR) is 84.6 cm³/mol. The van der Waals surface area contributed by atoms with E-state index in [1.165, 1.54) is 11.8 Å². The first-order valence-electron chi connectivity index (χ1n) is 5.86. The number of nitrogens with zero attached hydrogens (tertiary/aromatic N) is 2. The number of hydrogen-bond donors (Lipinski definition) is 0. The Hall–Kier alpha value is -1.11. The highest BCUT2D eigenvalue weighted by Crippen LogP contribution is 2.34. The van der Waals surface area contributed by atoms with Gasteiger partial charge in [0.1, 0.15) is 4.83 Å². The molecule has 0 aliphatic carbocycles. The molecule has 0 fully saturated rings. The molecule has 0 aliphatic rings. The Morgan fingerprint density at radius 3 is 2.89 bits per heavy atom. The van der Waals surface area contributed by atoms with E-state index in [4.69, 9.17) is 0 Å². The standard InChI is InChI=1S/C13H12N2OS3/c1-3-15-12(16)10-8(9-5-4-6-18-9)7-19-11(10)14-13(15)17-2/h4-7H,3H2,1-2H3. The van der Waals surface area contributed by atoms with E-state index < -0.39 is 0 Å². The van der Waals surface area contributed by atoms with Crippen LogP contribution in [-0.2, 0) is 6.54 Å². The summed E-state index contributed by atoms with van der Waals surface area (Å²) in [5, 5.41) is 5.61. The van der Waals surface area contributed by atoms with Crippen molar-refractivity contribution in [3.05, 3.63) is 33.2 Å². The molecule has 0 unspecified atom stereocenters. The second-order valence-corrected chi connectivity index (χ2v) is 6.53. The van der Waals surface area contributed by atoms with Crippen LogP contribution in [0.5, 0.6) is 0 Å². The first-order chi connectivity index (χ1) is 9.26. The summed E-state index contributed by atoms with van der Waals surface area (Å²) < 4.78 is 1.75. The van der Waals surface area contributed by atoms with E-state index in [2.05, 4.69) is 4.98 Å². The largest absolute Gasteiger partial charge is 0.287 e. The number of thiophene rings is 2. The Balaban J connectivity index is 2.37. The van der Waals surface area contributed by atoms with Gasteiger partial charge in [-0.05, 0) is 24.6 Å². The number of thioether (sulfide) groups is 1. The molecule has 0 spiro atoms. The zero-order chi connectivity index (χ0) is 13.4. The molecule has 0 saturated carbocycles. The normalized spacial score (nSPS) is 11.3. The lowest BCUT2D eigenvalue weighted by Gasteiger charge is -2.07. The van der Waals surface area contributed by atoms with Gasteiger partial charge in [-0.1, -0.05) is 17.8 Å². The van der Waals surface area contributed by atoms with Crippen molar-refractivity contribution in [1.82, 2.24) is 9.55 Å². The molecular formula is C13H12N2OS3. The van der Waals surface area contributed by atoms with Gasteiger partial charge in [-0.3, -0.25) is 9.36 Å². The predicted octanol–water partition coefficient (Wildman–Crippen LogP) is 3.93. The molecular weight excluding hydrogens is 296 g/mol. The van der Waals surface area contributed by atoms with Crippen molar-refractivity contribution in [1.29, 1.82) is 0 Å². The average molecular weight is 308 g/mol. The summed E-state index contributed by atoms with van der Waals surface area (Å²) in [4.78, 5) is 19.2. The minimum absolute atomic E-state index is 0.0708. The third-order valence-corrected chi connectivity index (χ3v) is 5.40. The van der Waals surface area contributed by atoms with Crippen LogP contribution in [0.2, 0.25) is 0 Å². The molecule has 98 valence electrons.